The second-order valence-corrected chi connectivity index (χ2v) is 5.74. The summed E-state index contributed by atoms with van der Waals surface area (Å²) in [7, 11) is -1.75. The maximum Gasteiger partial charge on any atom is 0.182 e. The first-order valence-corrected chi connectivity index (χ1v) is 6.97. The summed E-state index contributed by atoms with van der Waals surface area (Å²) in [6.07, 6.45) is 1.96. The maximum absolute atomic E-state index is 11.6. The molecule has 1 atom stereocenters. The van der Waals surface area contributed by atoms with Crippen LogP contribution in [0.5, 0.6) is 0 Å². The fourth-order valence-electron chi connectivity index (χ4n) is 1.47. The van der Waals surface area contributed by atoms with E-state index in [0.717, 1.165) is 12.7 Å². The first kappa shape index (κ1) is 12.8. The van der Waals surface area contributed by atoms with Crippen molar-refractivity contribution < 1.29 is 8.42 Å². The zero-order valence-electron chi connectivity index (χ0n) is 9.98. The standard InChI is InChI=1S/C9H18N4O2S/c1-5-6(2)13-8(10)7(16(4,14)15)9(11-3)12-13/h6H,5,10H2,1-4H3,(H,11,12). The van der Waals surface area contributed by atoms with Gasteiger partial charge < -0.3 is 11.1 Å². The lowest BCUT2D eigenvalue weighted by atomic mass is 10.3. The molecule has 6 nitrogen and oxygen atoms in total. The zero-order chi connectivity index (χ0) is 12.5. The van der Waals surface area contributed by atoms with Crippen molar-refractivity contribution in [1.82, 2.24) is 9.78 Å². The van der Waals surface area contributed by atoms with Gasteiger partial charge in [0.2, 0.25) is 0 Å². The molecule has 0 aliphatic rings. The van der Waals surface area contributed by atoms with Gasteiger partial charge in [0.05, 0.1) is 6.04 Å². The molecule has 0 spiro atoms. The Morgan fingerprint density at radius 2 is 2.12 bits per heavy atom. The van der Waals surface area contributed by atoms with E-state index in [1.54, 1.807) is 11.7 Å². The van der Waals surface area contributed by atoms with Gasteiger partial charge in [0.25, 0.3) is 0 Å². The number of anilines is 2. The summed E-state index contributed by atoms with van der Waals surface area (Å²) in [5, 5.41) is 6.92. The van der Waals surface area contributed by atoms with E-state index in [-0.39, 0.29) is 16.8 Å². The zero-order valence-corrected chi connectivity index (χ0v) is 10.8. The van der Waals surface area contributed by atoms with E-state index >= 15 is 0 Å². The highest BCUT2D eigenvalue weighted by molar-refractivity contribution is 7.91. The van der Waals surface area contributed by atoms with E-state index in [0.29, 0.717) is 5.82 Å². The molecule has 1 heterocycles. The van der Waals surface area contributed by atoms with Crippen LogP contribution in [0.3, 0.4) is 0 Å². The lowest BCUT2D eigenvalue weighted by molar-refractivity contribution is 0.485. The average molecular weight is 246 g/mol. The number of hydrogen-bond donors (Lipinski definition) is 2. The van der Waals surface area contributed by atoms with Gasteiger partial charge in [0.15, 0.2) is 20.6 Å². The van der Waals surface area contributed by atoms with Gasteiger partial charge in [-0.3, -0.25) is 0 Å². The Balaban J connectivity index is 3.45. The molecule has 16 heavy (non-hydrogen) atoms. The van der Waals surface area contributed by atoms with E-state index < -0.39 is 9.84 Å². The molecule has 0 saturated heterocycles. The van der Waals surface area contributed by atoms with Gasteiger partial charge in [-0.2, -0.15) is 5.10 Å². The van der Waals surface area contributed by atoms with Crippen LogP contribution in [-0.4, -0.2) is 31.5 Å². The molecule has 0 amide bonds. The van der Waals surface area contributed by atoms with Crippen LogP contribution in [0.25, 0.3) is 0 Å². The summed E-state index contributed by atoms with van der Waals surface area (Å²) in [6, 6.07) is 0.0719. The van der Waals surface area contributed by atoms with Crippen LogP contribution in [0.15, 0.2) is 4.90 Å². The van der Waals surface area contributed by atoms with Crippen LogP contribution < -0.4 is 11.1 Å². The predicted octanol–water partition coefficient (Wildman–Crippen LogP) is 0.882. The Morgan fingerprint density at radius 1 is 1.56 bits per heavy atom. The second-order valence-electron chi connectivity index (χ2n) is 3.79. The number of sulfone groups is 1. The lowest BCUT2D eigenvalue weighted by Crippen LogP contribution is -2.10. The van der Waals surface area contributed by atoms with Crippen LogP contribution in [0, 0.1) is 0 Å². The molecule has 1 rings (SSSR count). The fraction of sp³-hybridized carbons (Fsp3) is 0.667. The summed E-state index contributed by atoms with van der Waals surface area (Å²) in [4.78, 5) is 0.0790. The highest BCUT2D eigenvalue weighted by atomic mass is 32.2. The third-order valence-electron chi connectivity index (χ3n) is 2.52. The first-order valence-electron chi connectivity index (χ1n) is 5.08. The van der Waals surface area contributed by atoms with Gasteiger partial charge in [0.1, 0.15) is 5.82 Å². The van der Waals surface area contributed by atoms with E-state index in [1.807, 2.05) is 13.8 Å². The third kappa shape index (κ3) is 2.13. The molecule has 1 aromatic heterocycles. The Labute approximate surface area is 95.7 Å². The topological polar surface area (TPSA) is 90.0 Å². The van der Waals surface area contributed by atoms with Gasteiger partial charge in [-0.1, -0.05) is 6.92 Å². The number of nitrogens with one attached hydrogen (secondary N) is 1. The van der Waals surface area contributed by atoms with Crippen molar-refractivity contribution in [2.75, 3.05) is 24.4 Å². The van der Waals surface area contributed by atoms with Crippen molar-refractivity contribution in [2.45, 2.75) is 31.2 Å². The fourth-order valence-corrected chi connectivity index (χ4v) is 2.44. The average Bonchev–Trinajstić information content (AvgIpc) is 2.53. The summed E-state index contributed by atoms with van der Waals surface area (Å²) in [6.45, 7) is 3.93. The summed E-state index contributed by atoms with van der Waals surface area (Å²) < 4.78 is 24.7. The molecule has 7 heteroatoms. The molecule has 0 aliphatic heterocycles. The van der Waals surface area contributed by atoms with Gasteiger partial charge in [-0.15, -0.1) is 0 Å². The molecule has 3 N–H and O–H groups in total. The van der Waals surface area contributed by atoms with E-state index in [4.69, 9.17) is 5.73 Å². The van der Waals surface area contributed by atoms with Gasteiger partial charge in [-0.05, 0) is 13.3 Å². The molecular weight excluding hydrogens is 228 g/mol. The number of nitrogens with two attached hydrogens (primary N) is 1. The number of hydrogen-bond acceptors (Lipinski definition) is 5. The van der Waals surface area contributed by atoms with Crippen molar-refractivity contribution >= 4 is 21.5 Å². The minimum atomic E-state index is -3.37. The highest BCUT2D eigenvalue weighted by Gasteiger charge is 2.24. The van der Waals surface area contributed by atoms with Crippen molar-refractivity contribution in [3.8, 4) is 0 Å². The van der Waals surface area contributed by atoms with Crippen LogP contribution in [0.4, 0.5) is 11.6 Å². The predicted molar refractivity (Wildman–Crippen MR) is 64.3 cm³/mol. The van der Waals surface area contributed by atoms with Gasteiger partial charge >= 0.3 is 0 Å². The Hall–Kier alpha value is -1.24. The van der Waals surface area contributed by atoms with Crippen molar-refractivity contribution in [3.63, 3.8) is 0 Å². The molecule has 0 fully saturated rings. The normalized spacial score (nSPS) is 13.8. The maximum atomic E-state index is 11.6. The minimum Gasteiger partial charge on any atom is -0.383 e. The van der Waals surface area contributed by atoms with Crippen LogP contribution in [0.1, 0.15) is 26.3 Å². The number of aromatic nitrogens is 2. The van der Waals surface area contributed by atoms with E-state index in [9.17, 15) is 8.42 Å². The molecule has 1 aromatic rings. The monoisotopic (exact) mass is 246 g/mol. The highest BCUT2D eigenvalue weighted by Crippen LogP contribution is 2.29. The van der Waals surface area contributed by atoms with Gasteiger partial charge in [0, 0.05) is 13.3 Å². The molecule has 0 saturated carbocycles. The van der Waals surface area contributed by atoms with Gasteiger partial charge in [-0.25, -0.2) is 13.1 Å². The summed E-state index contributed by atoms with van der Waals surface area (Å²) >= 11 is 0. The van der Waals surface area contributed by atoms with Crippen molar-refractivity contribution in [3.05, 3.63) is 0 Å². The molecule has 0 radical (unpaired) electrons. The summed E-state index contributed by atoms with van der Waals surface area (Å²) in [5.74, 6) is 0.501. The molecule has 92 valence electrons. The number of rotatable bonds is 4. The van der Waals surface area contributed by atoms with Crippen molar-refractivity contribution in [1.29, 1.82) is 0 Å². The molecule has 0 bridgehead atoms. The van der Waals surface area contributed by atoms with E-state index in [1.165, 1.54) is 0 Å². The van der Waals surface area contributed by atoms with Crippen LogP contribution >= 0.6 is 0 Å². The molecule has 1 unspecified atom stereocenters. The number of nitrogen functional groups attached to an aromatic ring is 1. The smallest absolute Gasteiger partial charge is 0.182 e. The largest absolute Gasteiger partial charge is 0.383 e. The summed E-state index contributed by atoms with van der Waals surface area (Å²) in [5.41, 5.74) is 5.82. The lowest BCUT2D eigenvalue weighted by Gasteiger charge is -2.10. The van der Waals surface area contributed by atoms with Crippen LogP contribution in [0.2, 0.25) is 0 Å². The SMILES string of the molecule is CCC(C)n1nc(NC)c(S(C)(=O)=O)c1N. The minimum absolute atomic E-state index is 0.0719. The number of nitrogens with zero attached hydrogens (tertiary/aromatic N) is 2. The Bertz CT molecular complexity index is 478. The first-order chi connectivity index (χ1) is 7.32. The Morgan fingerprint density at radius 3 is 2.44 bits per heavy atom. The second kappa shape index (κ2) is 4.32. The quantitative estimate of drug-likeness (QED) is 0.823. The molecule has 0 aliphatic carbocycles. The van der Waals surface area contributed by atoms with Crippen molar-refractivity contribution in [2.24, 2.45) is 0 Å². The third-order valence-corrected chi connectivity index (χ3v) is 3.66. The molecular formula is C9H18N4O2S. The van der Waals surface area contributed by atoms with Crippen LogP contribution in [-0.2, 0) is 9.84 Å². The van der Waals surface area contributed by atoms with E-state index in [2.05, 4.69) is 10.4 Å². The molecule has 0 aromatic carbocycles. The Kier molecular flexibility index (Phi) is 3.47.